The number of aromatic nitrogens is 1. The molecular formula is C19H20N2O5S. The zero-order chi connectivity index (χ0) is 19.6. The first-order chi connectivity index (χ1) is 13.0. The van der Waals surface area contributed by atoms with Crippen LogP contribution in [0.4, 0.5) is 0 Å². The highest BCUT2D eigenvalue weighted by atomic mass is 32.1. The predicted molar refractivity (Wildman–Crippen MR) is 103 cm³/mol. The second-order valence-corrected chi connectivity index (χ2v) is 6.53. The summed E-state index contributed by atoms with van der Waals surface area (Å²) >= 11 is 1.35. The highest BCUT2D eigenvalue weighted by Crippen LogP contribution is 2.35. The standard InChI is InChI=1S/C19H20N2O5S/c1-21-15-12(23-2)9-10-14(25-4)17(15)27-19(21)20-18(22)11-7-6-8-13(24-3)16(11)26-5/h6-10H,1-5H3. The molecule has 0 bridgehead atoms. The van der Waals surface area contributed by atoms with Crippen LogP contribution in [0.1, 0.15) is 10.4 Å². The van der Waals surface area contributed by atoms with Gasteiger partial charge in [-0.3, -0.25) is 4.79 Å². The van der Waals surface area contributed by atoms with Gasteiger partial charge in [0.25, 0.3) is 5.91 Å². The minimum atomic E-state index is -0.425. The molecule has 0 aliphatic carbocycles. The molecule has 0 unspecified atom stereocenters. The van der Waals surface area contributed by atoms with Gasteiger partial charge < -0.3 is 23.5 Å². The number of nitrogens with zero attached hydrogens (tertiary/aromatic N) is 2. The molecule has 0 aliphatic rings. The van der Waals surface area contributed by atoms with E-state index >= 15 is 0 Å². The number of para-hydroxylation sites is 1. The van der Waals surface area contributed by atoms with E-state index < -0.39 is 5.91 Å². The SMILES string of the molecule is COc1cccc(C(=O)N=c2sc3c(OC)ccc(OC)c3n2C)c1OC. The van der Waals surface area contributed by atoms with Crippen molar-refractivity contribution in [2.24, 2.45) is 12.0 Å². The van der Waals surface area contributed by atoms with Gasteiger partial charge in [-0.1, -0.05) is 17.4 Å². The van der Waals surface area contributed by atoms with Crippen molar-refractivity contribution in [1.82, 2.24) is 4.57 Å². The summed E-state index contributed by atoms with van der Waals surface area (Å²) in [7, 11) is 8.04. The van der Waals surface area contributed by atoms with Gasteiger partial charge in [-0.15, -0.1) is 0 Å². The molecule has 0 atom stereocenters. The second kappa shape index (κ2) is 7.71. The fraction of sp³-hybridized carbons (Fsp3) is 0.263. The summed E-state index contributed by atoms with van der Waals surface area (Å²) in [5, 5.41) is 0. The lowest BCUT2D eigenvalue weighted by Crippen LogP contribution is -2.14. The van der Waals surface area contributed by atoms with E-state index in [9.17, 15) is 4.79 Å². The Bertz CT molecular complexity index is 1070. The number of carbonyl (C=O) groups is 1. The number of amides is 1. The van der Waals surface area contributed by atoms with Crippen molar-refractivity contribution < 1.29 is 23.7 Å². The quantitative estimate of drug-likeness (QED) is 0.672. The highest BCUT2D eigenvalue weighted by Gasteiger charge is 2.18. The second-order valence-electron chi connectivity index (χ2n) is 5.55. The monoisotopic (exact) mass is 388 g/mol. The molecule has 1 aromatic heterocycles. The number of aryl methyl sites for hydroxylation is 1. The number of benzene rings is 2. The van der Waals surface area contributed by atoms with E-state index in [1.807, 2.05) is 23.7 Å². The molecule has 3 rings (SSSR count). The number of fused-ring (bicyclic) bond motifs is 1. The third-order valence-electron chi connectivity index (χ3n) is 4.14. The molecule has 8 heteroatoms. The summed E-state index contributed by atoms with van der Waals surface area (Å²) in [6.45, 7) is 0. The number of rotatable bonds is 5. The maximum Gasteiger partial charge on any atom is 0.283 e. The zero-order valence-corrected chi connectivity index (χ0v) is 16.5. The first-order valence-electron chi connectivity index (χ1n) is 8.06. The smallest absolute Gasteiger partial charge is 0.283 e. The molecule has 0 saturated heterocycles. The first kappa shape index (κ1) is 18.8. The Morgan fingerprint density at radius 2 is 1.59 bits per heavy atom. The third kappa shape index (κ3) is 3.23. The summed E-state index contributed by atoms with van der Waals surface area (Å²) in [6.07, 6.45) is 0. The fourth-order valence-corrected chi connectivity index (χ4v) is 3.96. The van der Waals surface area contributed by atoms with Crippen molar-refractivity contribution >= 4 is 27.5 Å². The van der Waals surface area contributed by atoms with Crippen molar-refractivity contribution in [3.05, 3.63) is 40.7 Å². The average Bonchev–Trinajstić information content (AvgIpc) is 3.02. The van der Waals surface area contributed by atoms with Crippen LogP contribution in [-0.2, 0) is 7.05 Å². The van der Waals surface area contributed by atoms with Crippen molar-refractivity contribution in [3.63, 3.8) is 0 Å². The summed E-state index contributed by atoms with van der Waals surface area (Å²) in [6, 6.07) is 8.76. The number of hydrogen-bond acceptors (Lipinski definition) is 6. The Kier molecular flexibility index (Phi) is 5.36. The molecule has 0 aliphatic heterocycles. The van der Waals surface area contributed by atoms with E-state index in [0.717, 1.165) is 10.2 Å². The molecule has 0 spiro atoms. The van der Waals surface area contributed by atoms with Crippen LogP contribution in [0.15, 0.2) is 35.3 Å². The van der Waals surface area contributed by atoms with Gasteiger partial charge in [0.1, 0.15) is 21.7 Å². The molecule has 1 amide bonds. The zero-order valence-electron chi connectivity index (χ0n) is 15.7. The van der Waals surface area contributed by atoms with Crippen LogP contribution in [0.3, 0.4) is 0 Å². The molecule has 3 aromatic rings. The number of hydrogen-bond donors (Lipinski definition) is 0. The summed E-state index contributed by atoms with van der Waals surface area (Å²) in [4.78, 5) is 17.6. The van der Waals surface area contributed by atoms with Crippen molar-refractivity contribution in [3.8, 4) is 23.0 Å². The topological polar surface area (TPSA) is 71.3 Å². The number of carbonyl (C=O) groups excluding carboxylic acids is 1. The van der Waals surface area contributed by atoms with Crippen LogP contribution in [0.2, 0.25) is 0 Å². The van der Waals surface area contributed by atoms with E-state index in [1.165, 1.54) is 25.6 Å². The first-order valence-corrected chi connectivity index (χ1v) is 8.87. The largest absolute Gasteiger partial charge is 0.495 e. The van der Waals surface area contributed by atoms with E-state index in [-0.39, 0.29) is 0 Å². The summed E-state index contributed by atoms with van der Waals surface area (Å²) < 4.78 is 24.1. The summed E-state index contributed by atoms with van der Waals surface area (Å²) in [5.74, 6) is 1.78. The van der Waals surface area contributed by atoms with Crippen molar-refractivity contribution in [2.75, 3.05) is 28.4 Å². The Morgan fingerprint density at radius 3 is 2.22 bits per heavy atom. The molecule has 2 aromatic carbocycles. The van der Waals surface area contributed by atoms with Crippen LogP contribution in [0, 0.1) is 0 Å². The molecule has 1 heterocycles. The lowest BCUT2D eigenvalue weighted by Gasteiger charge is -2.09. The predicted octanol–water partition coefficient (Wildman–Crippen LogP) is 3.02. The lowest BCUT2D eigenvalue weighted by molar-refractivity contribution is 0.0994. The van der Waals surface area contributed by atoms with E-state index in [2.05, 4.69) is 4.99 Å². The third-order valence-corrected chi connectivity index (χ3v) is 5.29. The van der Waals surface area contributed by atoms with Gasteiger partial charge in [0, 0.05) is 7.05 Å². The minimum absolute atomic E-state index is 0.327. The Balaban J connectivity index is 2.20. The highest BCUT2D eigenvalue weighted by molar-refractivity contribution is 7.16. The molecule has 142 valence electrons. The van der Waals surface area contributed by atoms with Gasteiger partial charge in [-0.25, -0.2) is 0 Å². The fourth-order valence-electron chi connectivity index (χ4n) is 2.83. The average molecular weight is 388 g/mol. The molecule has 0 fully saturated rings. The molecule has 0 radical (unpaired) electrons. The molecule has 0 saturated carbocycles. The lowest BCUT2D eigenvalue weighted by atomic mass is 10.2. The van der Waals surface area contributed by atoms with Crippen molar-refractivity contribution in [1.29, 1.82) is 0 Å². The molecule has 27 heavy (non-hydrogen) atoms. The van der Waals surface area contributed by atoms with Crippen LogP contribution in [-0.4, -0.2) is 38.9 Å². The molecular weight excluding hydrogens is 368 g/mol. The van der Waals surface area contributed by atoms with Crippen molar-refractivity contribution in [2.45, 2.75) is 0 Å². The van der Waals surface area contributed by atoms with E-state index in [4.69, 9.17) is 18.9 Å². The van der Waals surface area contributed by atoms with Gasteiger partial charge in [0.2, 0.25) is 0 Å². The van der Waals surface area contributed by atoms with Gasteiger partial charge in [-0.05, 0) is 24.3 Å². The maximum absolute atomic E-state index is 12.8. The van der Waals surface area contributed by atoms with Gasteiger partial charge in [0.15, 0.2) is 16.3 Å². The van der Waals surface area contributed by atoms with Crippen LogP contribution in [0.25, 0.3) is 10.2 Å². The Morgan fingerprint density at radius 1 is 0.926 bits per heavy atom. The molecule has 7 nitrogen and oxygen atoms in total. The Labute approximate surface area is 160 Å². The van der Waals surface area contributed by atoms with E-state index in [1.54, 1.807) is 32.4 Å². The van der Waals surface area contributed by atoms with Crippen LogP contribution < -0.4 is 23.7 Å². The number of thiazole rings is 1. The minimum Gasteiger partial charge on any atom is -0.495 e. The summed E-state index contributed by atoms with van der Waals surface area (Å²) in [5.41, 5.74) is 1.14. The number of methoxy groups -OCH3 is 4. The van der Waals surface area contributed by atoms with Crippen LogP contribution in [0.5, 0.6) is 23.0 Å². The maximum atomic E-state index is 12.8. The normalized spacial score (nSPS) is 11.5. The van der Waals surface area contributed by atoms with Gasteiger partial charge in [-0.2, -0.15) is 4.99 Å². The van der Waals surface area contributed by atoms with E-state index in [0.29, 0.717) is 33.4 Å². The van der Waals surface area contributed by atoms with Crippen LogP contribution >= 0.6 is 11.3 Å². The number of ether oxygens (including phenoxy) is 4. The van der Waals surface area contributed by atoms with Gasteiger partial charge in [0.05, 0.1) is 34.0 Å². The van der Waals surface area contributed by atoms with Gasteiger partial charge >= 0.3 is 0 Å². The molecule has 0 N–H and O–H groups in total. The Hall–Kier alpha value is -3.00.